The zero-order valence-electron chi connectivity index (χ0n) is 26.5. The summed E-state index contributed by atoms with van der Waals surface area (Å²) in [6.07, 6.45) is 6.57. The van der Waals surface area contributed by atoms with Crippen LogP contribution in [-0.4, -0.2) is 67.0 Å². The van der Waals surface area contributed by atoms with Gasteiger partial charge in [0.2, 0.25) is 9.84 Å². The van der Waals surface area contributed by atoms with Gasteiger partial charge in [0, 0.05) is 43.0 Å². The summed E-state index contributed by atoms with van der Waals surface area (Å²) in [5, 5.41) is 1.27. The Labute approximate surface area is 277 Å². The highest BCUT2D eigenvalue weighted by Crippen LogP contribution is 2.49. The van der Waals surface area contributed by atoms with Gasteiger partial charge < -0.3 is 24.1 Å². The number of ether oxygens (including phenoxy) is 3. The van der Waals surface area contributed by atoms with Crippen LogP contribution in [0.15, 0.2) is 52.5 Å². The first-order chi connectivity index (χ1) is 21.8. The van der Waals surface area contributed by atoms with Gasteiger partial charge in [-0.25, -0.2) is 23.2 Å². The SMILES string of the molecule is COCOC1(c2ncc(-c3c(Cl)c(S(=O)(=O)c4ccc(C)cc4)nc4[nH]c(C5=CCN(C(=O)OC(C)(C)C)CC5)cc34)s2)CCC1. The number of carbonyl (C=O) groups is 1. The van der Waals surface area contributed by atoms with Gasteiger partial charge in [0.05, 0.1) is 14.8 Å². The van der Waals surface area contributed by atoms with Crippen LogP contribution >= 0.6 is 22.9 Å². The lowest BCUT2D eigenvalue weighted by Gasteiger charge is -2.39. The van der Waals surface area contributed by atoms with Crippen LogP contribution < -0.4 is 0 Å². The first-order valence-electron chi connectivity index (χ1n) is 15.1. The second-order valence-corrected chi connectivity index (χ2v) is 16.0. The van der Waals surface area contributed by atoms with E-state index in [2.05, 4.69) is 9.97 Å². The number of sulfone groups is 1. The van der Waals surface area contributed by atoms with Crippen molar-refractivity contribution in [1.82, 2.24) is 19.9 Å². The van der Waals surface area contributed by atoms with Crippen molar-refractivity contribution in [3.05, 3.63) is 63.9 Å². The molecule has 2 aliphatic rings. The predicted octanol–water partition coefficient (Wildman–Crippen LogP) is 7.50. The summed E-state index contributed by atoms with van der Waals surface area (Å²) < 4.78 is 44.8. The molecule has 0 bridgehead atoms. The van der Waals surface area contributed by atoms with Crippen molar-refractivity contribution in [2.75, 3.05) is 27.0 Å². The minimum absolute atomic E-state index is 0.0306. The fourth-order valence-electron chi connectivity index (χ4n) is 5.62. The molecular weight excluding hydrogens is 648 g/mol. The number of fused-ring (bicyclic) bond motifs is 1. The van der Waals surface area contributed by atoms with Gasteiger partial charge >= 0.3 is 6.09 Å². The maximum Gasteiger partial charge on any atom is 0.410 e. The van der Waals surface area contributed by atoms with Gasteiger partial charge in [0.15, 0.2) is 5.03 Å². The standard InChI is InChI=1S/C33H37ClN4O6S2/c1-20-7-9-22(10-8-20)46(40,41)29-27(34)26(25-18-35-30(45-25)33(13-6-14-33)43-19-42-5)23-17-24(36-28(23)37-29)21-11-15-38(16-12-21)31(39)44-32(2,3)4/h7-11,17-18H,6,12-16,19H2,1-5H3,(H,36,37). The van der Waals surface area contributed by atoms with E-state index in [0.29, 0.717) is 41.0 Å². The number of pyridine rings is 1. The fraction of sp³-hybridized carbons (Fsp3) is 0.424. The van der Waals surface area contributed by atoms with E-state index in [1.807, 2.05) is 39.8 Å². The number of hydrogen-bond acceptors (Lipinski definition) is 9. The van der Waals surface area contributed by atoms with E-state index < -0.39 is 21.0 Å². The Morgan fingerprint density at radius 3 is 2.54 bits per heavy atom. The van der Waals surface area contributed by atoms with Crippen molar-refractivity contribution < 1.29 is 27.4 Å². The molecule has 0 radical (unpaired) electrons. The monoisotopic (exact) mass is 684 g/mol. The number of halogens is 1. The minimum Gasteiger partial charge on any atom is -0.444 e. The van der Waals surface area contributed by atoms with Crippen LogP contribution in [0.25, 0.3) is 27.0 Å². The molecule has 0 unspecified atom stereocenters. The molecule has 0 saturated heterocycles. The average molecular weight is 685 g/mol. The fourth-order valence-corrected chi connectivity index (χ4v) is 8.67. The molecule has 1 aliphatic heterocycles. The second-order valence-electron chi connectivity index (χ2n) is 12.7. The van der Waals surface area contributed by atoms with E-state index >= 15 is 0 Å². The summed E-state index contributed by atoms with van der Waals surface area (Å²) in [6.45, 7) is 8.43. The molecule has 10 nitrogen and oxygen atoms in total. The smallest absolute Gasteiger partial charge is 0.410 e. The van der Waals surface area contributed by atoms with E-state index in [-0.39, 0.29) is 27.8 Å². The van der Waals surface area contributed by atoms with Gasteiger partial charge in [-0.1, -0.05) is 35.4 Å². The molecule has 46 heavy (non-hydrogen) atoms. The Morgan fingerprint density at radius 1 is 1.20 bits per heavy atom. The summed E-state index contributed by atoms with van der Waals surface area (Å²) in [6, 6.07) is 8.57. The number of nitrogens with one attached hydrogen (secondary N) is 1. The van der Waals surface area contributed by atoms with Crippen LogP contribution in [0.3, 0.4) is 0 Å². The topological polar surface area (TPSA) is 124 Å². The number of benzene rings is 1. The molecule has 244 valence electrons. The molecule has 6 rings (SSSR count). The lowest BCUT2D eigenvalue weighted by Crippen LogP contribution is -2.39. The maximum atomic E-state index is 14.0. The molecule has 1 aliphatic carbocycles. The lowest BCUT2D eigenvalue weighted by atomic mass is 9.80. The molecule has 4 heterocycles. The van der Waals surface area contributed by atoms with Crippen LogP contribution in [0.5, 0.6) is 0 Å². The second kappa shape index (κ2) is 12.4. The Bertz CT molecular complexity index is 1920. The molecule has 3 aromatic heterocycles. The molecule has 13 heteroatoms. The van der Waals surface area contributed by atoms with Gasteiger partial charge in [-0.2, -0.15) is 0 Å². The van der Waals surface area contributed by atoms with Gasteiger partial charge in [0.25, 0.3) is 0 Å². The third kappa shape index (κ3) is 6.21. The quantitative estimate of drug-likeness (QED) is 0.189. The number of carbonyl (C=O) groups excluding carboxylic acids is 1. The van der Waals surface area contributed by atoms with Gasteiger partial charge in [-0.05, 0) is 77.2 Å². The molecular formula is C33H37ClN4O6S2. The number of amides is 1. The highest BCUT2D eigenvalue weighted by molar-refractivity contribution is 7.91. The Hall–Kier alpha value is -3.29. The lowest BCUT2D eigenvalue weighted by molar-refractivity contribution is -0.171. The molecule has 0 spiro atoms. The Kier molecular flexibility index (Phi) is 8.79. The number of hydrogen-bond donors (Lipinski definition) is 1. The van der Waals surface area contributed by atoms with Crippen LogP contribution in [0.1, 0.15) is 62.7 Å². The highest BCUT2D eigenvalue weighted by atomic mass is 35.5. The van der Waals surface area contributed by atoms with Crippen molar-refractivity contribution >= 4 is 55.5 Å². The van der Waals surface area contributed by atoms with Crippen LogP contribution in [0, 0.1) is 6.92 Å². The number of methoxy groups -OCH3 is 1. The highest BCUT2D eigenvalue weighted by Gasteiger charge is 2.43. The Balaban J connectivity index is 1.44. The number of rotatable bonds is 8. The van der Waals surface area contributed by atoms with E-state index in [0.717, 1.165) is 41.1 Å². The van der Waals surface area contributed by atoms with Gasteiger partial charge in [-0.15, -0.1) is 11.3 Å². The number of thiazole rings is 1. The number of aryl methyl sites for hydroxylation is 1. The predicted molar refractivity (Wildman–Crippen MR) is 178 cm³/mol. The summed E-state index contributed by atoms with van der Waals surface area (Å²) in [4.78, 5) is 27.8. The number of aromatic amines is 1. The molecule has 0 atom stereocenters. The van der Waals surface area contributed by atoms with E-state index in [1.54, 1.807) is 42.5 Å². The summed E-state index contributed by atoms with van der Waals surface area (Å²) in [7, 11) is -2.49. The van der Waals surface area contributed by atoms with Crippen LogP contribution in [0.2, 0.25) is 5.02 Å². The average Bonchev–Trinajstić information content (AvgIpc) is 3.64. The van der Waals surface area contributed by atoms with Crippen molar-refractivity contribution in [3.8, 4) is 10.4 Å². The third-order valence-corrected chi connectivity index (χ3v) is 11.6. The first-order valence-corrected chi connectivity index (χ1v) is 17.8. The van der Waals surface area contributed by atoms with Crippen molar-refractivity contribution in [2.45, 2.75) is 74.5 Å². The largest absolute Gasteiger partial charge is 0.444 e. The van der Waals surface area contributed by atoms with Crippen molar-refractivity contribution in [2.24, 2.45) is 0 Å². The molecule has 4 aromatic rings. The zero-order valence-corrected chi connectivity index (χ0v) is 28.9. The normalized spacial score (nSPS) is 16.7. The molecule has 1 fully saturated rings. The molecule has 1 amide bonds. The van der Waals surface area contributed by atoms with E-state index in [4.69, 9.17) is 30.8 Å². The number of nitrogens with zero attached hydrogens (tertiary/aromatic N) is 3. The van der Waals surface area contributed by atoms with Gasteiger partial charge in [0.1, 0.15) is 28.6 Å². The molecule has 1 N–H and O–H groups in total. The van der Waals surface area contributed by atoms with Crippen molar-refractivity contribution in [3.63, 3.8) is 0 Å². The summed E-state index contributed by atoms with van der Waals surface area (Å²) >= 11 is 8.48. The van der Waals surface area contributed by atoms with E-state index in [1.165, 1.54) is 11.3 Å². The molecule has 1 aromatic carbocycles. The van der Waals surface area contributed by atoms with Gasteiger partial charge in [-0.3, -0.25) is 0 Å². The van der Waals surface area contributed by atoms with Crippen molar-refractivity contribution in [1.29, 1.82) is 0 Å². The number of aromatic nitrogens is 3. The van der Waals surface area contributed by atoms with E-state index in [9.17, 15) is 13.2 Å². The summed E-state index contributed by atoms with van der Waals surface area (Å²) in [5.74, 6) is 0. The summed E-state index contributed by atoms with van der Waals surface area (Å²) in [5.41, 5.74) is 2.50. The zero-order chi connectivity index (χ0) is 32.9. The third-order valence-electron chi connectivity index (χ3n) is 8.24. The van der Waals surface area contributed by atoms with Crippen LogP contribution in [0.4, 0.5) is 4.79 Å². The minimum atomic E-state index is -4.08. The molecule has 1 saturated carbocycles. The maximum absolute atomic E-state index is 14.0. The first kappa shape index (κ1) is 32.6. The Morgan fingerprint density at radius 2 is 1.93 bits per heavy atom. The number of H-pyrrole nitrogens is 1. The van der Waals surface area contributed by atoms with Crippen LogP contribution in [-0.2, 0) is 29.6 Å².